The second-order valence-electron chi connectivity index (χ2n) is 10.3. The van der Waals surface area contributed by atoms with E-state index in [9.17, 15) is 23.9 Å². The van der Waals surface area contributed by atoms with Crippen LogP contribution in [0.25, 0.3) is 10.8 Å². The molecule has 13 heteroatoms. The largest absolute Gasteiger partial charge is 0.496 e. The third kappa shape index (κ3) is 6.75. The summed E-state index contributed by atoms with van der Waals surface area (Å²) >= 11 is 1.12. The Morgan fingerprint density at radius 3 is 2.64 bits per heavy atom. The number of hydrogen-bond acceptors (Lipinski definition) is 9. The van der Waals surface area contributed by atoms with Crippen molar-refractivity contribution in [1.29, 1.82) is 0 Å². The highest BCUT2D eigenvalue weighted by atomic mass is 32.1. The molecular weight excluding hydrogens is 605 g/mol. The number of carboxylic acids is 1. The minimum Gasteiger partial charge on any atom is -0.496 e. The lowest BCUT2D eigenvalue weighted by molar-refractivity contribution is -0.108. The molecule has 1 saturated heterocycles. The van der Waals surface area contributed by atoms with Gasteiger partial charge in [-0.25, -0.2) is 14.2 Å². The summed E-state index contributed by atoms with van der Waals surface area (Å²) in [6.07, 6.45) is 4.04. The zero-order valence-corrected chi connectivity index (χ0v) is 25.7. The Labute approximate surface area is 262 Å². The molecule has 2 aromatic carbocycles. The Bertz CT molecular complexity index is 1670. The highest BCUT2D eigenvalue weighted by molar-refractivity contribution is 7.20. The fourth-order valence-corrected chi connectivity index (χ4v) is 6.43. The van der Waals surface area contributed by atoms with Crippen LogP contribution in [0.3, 0.4) is 0 Å². The Balaban J connectivity index is 1.58. The van der Waals surface area contributed by atoms with Crippen molar-refractivity contribution >= 4 is 40.3 Å². The van der Waals surface area contributed by atoms with Gasteiger partial charge in [0.1, 0.15) is 28.9 Å². The Morgan fingerprint density at radius 1 is 1.22 bits per heavy atom. The van der Waals surface area contributed by atoms with Gasteiger partial charge in [-0.15, -0.1) is 11.3 Å². The smallest absolute Gasteiger partial charge is 0.335 e. The number of thiophene rings is 1. The second kappa shape index (κ2) is 14.0. The number of aromatic nitrogens is 1. The van der Waals surface area contributed by atoms with Gasteiger partial charge in [-0.1, -0.05) is 18.2 Å². The van der Waals surface area contributed by atoms with E-state index in [1.807, 2.05) is 18.2 Å². The van der Waals surface area contributed by atoms with Crippen molar-refractivity contribution in [3.8, 4) is 16.5 Å². The van der Waals surface area contributed by atoms with E-state index in [1.54, 1.807) is 20.1 Å². The predicted octanol–water partition coefficient (Wildman–Crippen LogP) is 5.73. The molecule has 1 N–H and O–H groups in total. The molecule has 2 aromatic heterocycles. The van der Waals surface area contributed by atoms with Gasteiger partial charge in [0.25, 0.3) is 5.91 Å². The van der Waals surface area contributed by atoms with Gasteiger partial charge < -0.3 is 33.5 Å². The number of ether oxygens (including phenoxy) is 3. The maximum Gasteiger partial charge on any atom is 0.335 e. The summed E-state index contributed by atoms with van der Waals surface area (Å²) in [7, 11) is 2.90. The lowest BCUT2D eigenvalue weighted by atomic mass is 10.1. The quantitative estimate of drug-likeness (QED) is 0.193. The van der Waals surface area contributed by atoms with Crippen LogP contribution < -0.4 is 14.5 Å². The monoisotopic (exact) mass is 637 g/mol. The van der Waals surface area contributed by atoms with Gasteiger partial charge in [-0.2, -0.15) is 0 Å². The first-order valence-corrected chi connectivity index (χ1v) is 15.0. The van der Waals surface area contributed by atoms with Crippen LogP contribution in [0.4, 0.5) is 15.1 Å². The third-order valence-electron chi connectivity index (χ3n) is 7.59. The van der Waals surface area contributed by atoms with Crippen LogP contribution in [0.2, 0.25) is 0 Å². The maximum atomic E-state index is 15.0. The fourth-order valence-electron chi connectivity index (χ4n) is 5.22. The van der Waals surface area contributed by atoms with Crippen molar-refractivity contribution in [3.63, 3.8) is 0 Å². The maximum absolute atomic E-state index is 15.0. The number of oxazole rings is 1. The van der Waals surface area contributed by atoms with E-state index in [-0.39, 0.29) is 40.4 Å². The average Bonchev–Trinajstić information content (AvgIpc) is 3.71. The number of halogens is 1. The van der Waals surface area contributed by atoms with Crippen LogP contribution in [0.1, 0.15) is 50.8 Å². The number of aromatic carboxylic acids is 1. The molecule has 4 aromatic rings. The van der Waals surface area contributed by atoms with Crippen LogP contribution in [0, 0.1) is 12.7 Å². The van der Waals surface area contributed by atoms with Crippen molar-refractivity contribution in [2.75, 3.05) is 43.7 Å². The van der Waals surface area contributed by atoms with E-state index in [1.165, 1.54) is 24.4 Å². The van der Waals surface area contributed by atoms with Crippen LogP contribution in [0.5, 0.6) is 5.75 Å². The minimum absolute atomic E-state index is 0.0130. The van der Waals surface area contributed by atoms with E-state index in [0.717, 1.165) is 40.0 Å². The van der Waals surface area contributed by atoms with Crippen molar-refractivity contribution < 1.29 is 42.5 Å². The van der Waals surface area contributed by atoms with Gasteiger partial charge in [0.15, 0.2) is 0 Å². The zero-order chi connectivity index (χ0) is 32.1. The first-order valence-electron chi connectivity index (χ1n) is 14.2. The lowest BCUT2D eigenvalue weighted by Gasteiger charge is -2.31. The van der Waals surface area contributed by atoms with E-state index in [4.69, 9.17) is 18.6 Å². The summed E-state index contributed by atoms with van der Waals surface area (Å²) in [5.41, 5.74) is 0.856. The molecule has 5 rings (SSSR count). The van der Waals surface area contributed by atoms with Gasteiger partial charge in [-0.05, 0) is 49.6 Å². The number of para-hydroxylation sites is 1. The standard InChI is InChI=1S/C32H32FN3O8S/c1-19-27(30(38)35(2)24-16-20(32(39)40)8-9-23(24)33)31(45-28(19)29-34-12-15-43-29)36(18-37)17-26(44-21-10-13-42-14-11-21)22-6-4-5-7-25(22)41-3/h4-9,12,15-16,18,21,26H,10-11,13-14,17H2,1-3H3,(H,39,40). The number of benzene rings is 2. The number of hydrogen-bond donors (Lipinski definition) is 1. The normalized spacial score (nSPS) is 14.1. The van der Waals surface area contributed by atoms with Gasteiger partial charge in [0.05, 0.1) is 47.6 Å². The third-order valence-corrected chi connectivity index (χ3v) is 8.91. The molecule has 1 aliphatic heterocycles. The first-order chi connectivity index (χ1) is 21.7. The SMILES string of the molecule is COc1ccccc1C(CN(C=O)c1sc(-c2ncco2)c(C)c1C(=O)N(C)c1cc(C(=O)O)ccc1F)OC1CCOCC1. The number of methoxy groups -OCH3 is 1. The van der Waals surface area contributed by atoms with Crippen LogP contribution in [-0.4, -0.2) is 68.4 Å². The number of anilines is 2. The summed E-state index contributed by atoms with van der Waals surface area (Å²) < 4.78 is 38.2. The number of nitrogens with zero attached hydrogens (tertiary/aromatic N) is 3. The van der Waals surface area contributed by atoms with Crippen molar-refractivity contribution in [1.82, 2.24) is 4.98 Å². The predicted molar refractivity (Wildman–Crippen MR) is 165 cm³/mol. The Kier molecular flexibility index (Phi) is 9.91. The van der Waals surface area contributed by atoms with Crippen LogP contribution in [-0.2, 0) is 14.3 Å². The van der Waals surface area contributed by atoms with Gasteiger partial charge >= 0.3 is 5.97 Å². The number of carboxylic acid groups (broad SMARTS) is 1. The number of amides is 2. The molecule has 1 atom stereocenters. The van der Waals surface area contributed by atoms with E-state index in [0.29, 0.717) is 48.7 Å². The molecule has 2 amide bonds. The highest BCUT2D eigenvalue weighted by Crippen LogP contribution is 2.43. The molecule has 236 valence electrons. The fraction of sp³-hybridized carbons (Fsp3) is 0.312. The summed E-state index contributed by atoms with van der Waals surface area (Å²) in [5.74, 6) is -1.90. The molecule has 11 nitrogen and oxygen atoms in total. The summed E-state index contributed by atoms with van der Waals surface area (Å²) in [5, 5.41) is 9.72. The first kappa shape index (κ1) is 31.8. The van der Waals surface area contributed by atoms with E-state index >= 15 is 0 Å². The van der Waals surface area contributed by atoms with E-state index in [2.05, 4.69) is 4.98 Å². The highest BCUT2D eigenvalue weighted by Gasteiger charge is 2.33. The Morgan fingerprint density at radius 2 is 1.98 bits per heavy atom. The second-order valence-corrected chi connectivity index (χ2v) is 11.3. The number of carbonyl (C=O) groups excluding carboxylic acids is 2. The minimum atomic E-state index is -1.27. The van der Waals surface area contributed by atoms with Crippen LogP contribution in [0.15, 0.2) is 59.3 Å². The summed E-state index contributed by atoms with van der Waals surface area (Å²) in [4.78, 5) is 45.7. The molecule has 3 heterocycles. The Hall–Kier alpha value is -4.59. The molecule has 0 saturated carbocycles. The van der Waals surface area contributed by atoms with Gasteiger partial charge in [-0.3, -0.25) is 9.59 Å². The molecule has 1 unspecified atom stereocenters. The average molecular weight is 638 g/mol. The molecule has 0 bridgehead atoms. The van der Waals surface area contributed by atoms with Crippen LogP contribution >= 0.6 is 11.3 Å². The van der Waals surface area contributed by atoms with Gasteiger partial charge in [0, 0.05) is 25.8 Å². The zero-order valence-electron chi connectivity index (χ0n) is 24.9. The molecular formula is C32H32FN3O8S. The number of carbonyl (C=O) groups is 3. The molecule has 0 spiro atoms. The molecule has 0 radical (unpaired) electrons. The van der Waals surface area contributed by atoms with Gasteiger partial charge in [0.2, 0.25) is 12.3 Å². The van der Waals surface area contributed by atoms with E-state index < -0.39 is 23.8 Å². The molecule has 1 aliphatic rings. The summed E-state index contributed by atoms with van der Waals surface area (Å²) in [6, 6.07) is 10.5. The lowest BCUT2D eigenvalue weighted by Crippen LogP contribution is -2.34. The topological polar surface area (TPSA) is 132 Å². The number of rotatable bonds is 12. The summed E-state index contributed by atoms with van der Waals surface area (Å²) in [6.45, 7) is 2.80. The molecule has 1 fully saturated rings. The molecule has 45 heavy (non-hydrogen) atoms. The molecule has 0 aliphatic carbocycles. The van der Waals surface area contributed by atoms with Crippen molar-refractivity contribution in [3.05, 3.63) is 83.0 Å². The van der Waals surface area contributed by atoms with Crippen molar-refractivity contribution in [2.24, 2.45) is 0 Å². The van der Waals surface area contributed by atoms with Crippen molar-refractivity contribution in [2.45, 2.75) is 32.0 Å².